The van der Waals surface area contributed by atoms with Crippen molar-refractivity contribution >= 4 is 34.9 Å². The van der Waals surface area contributed by atoms with Crippen molar-refractivity contribution in [2.24, 2.45) is 0 Å². The number of benzene rings is 1. The highest BCUT2D eigenvalue weighted by atomic mass is 35.5. The second-order valence-electron chi connectivity index (χ2n) is 7.52. The van der Waals surface area contributed by atoms with Crippen molar-refractivity contribution in [3.63, 3.8) is 0 Å². The van der Waals surface area contributed by atoms with Gasteiger partial charge in [0.2, 0.25) is 5.91 Å². The Balaban J connectivity index is 1.29. The van der Waals surface area contributed by atoms with E-state index in [9.17, 15) is 18.0 Å². The van der Waals surface area contributed by atoms with Crippen molar-refractivity contribution < 1.29 is 22.4 Å². The molecule has 174 valence electrons. The second-order valence-corrected chi connectivity index (χ2v) is 8.36. The number of anilines is 1. The first kappa shape index (κ1) is 23.4. The molecule has 6 nitrogen and oxygen atoms in total. The molecule has 33 heavy (non-hydrogen) atoms. The smallest absolute Gasteiger partial charge is 0.417 e. The van der Waals surface area contributed by atoms with E-state index in [2.05, 4.69) is 9.97 Å². The van der Waals surface area contributed by atoms with Crippen LogP contribution < -0.4 is 4.90 Å². The summed E-state index contributed by atoms with van der Waals surface area (Å²) in [4.78, 5) is 24.2. The predicted octanol–water partition coefficient (Wildman–Crippen LogP) is 5.34. The molecule has 0 unspecified atom stereocenters. The van der Waals surface area contributed by atoms with E-state index < -0.39 is 11.7 Å². The number of hydrogen-bond acceptors (Lipinski definition) is 5. The van der Waals surface area contributed by atoms with Gasteiger partial charge in [-0.3, -0.25) is 4.79 Å². The van der Waals surface area contributed by atoms with Crippen LogP contribution in [0.25, 0.3) is 11.3 Å². The van der Waals surface area contributed by atoms with Gasteiger partial charge in [0, 0.05) is 55.8 Å². The summed E-state index contributed by atoms with van der Waals surface area (Å²) >= 11 is 11.9. The van der Waals surface area contributed by atoms with Crippen LogP contribution >= 0.6 is 23.2 Å². The molecule has 1 aliphatic heterocycles. The largest absolute Gasteiger partial charge is 0.441 e. The lowest BCUT2D eigenvalue weighted by molar-refractivity contribution is -0.137. The third-order valence-corrected chi connectivity index (χ3v) is 5.85. The highest BCUT2D eigenvalue weighted by Gasteiger charge is 2.32. The van der Waals surface area contributed by atoms with Gasteiger partial charge in [-0.15, -0.1) is 0 Å². The molecule has 0 bridgehead atoms. The van der Waals surface area contributed by atoms with E-state index in [-0.39, 0.29) is 23.2 Å². The van der Waals surface area contributed by atoms with Gasteiger partial charge >= 0.3 is 6.18 Å². The molecule has 3 aromatic rings. The average molecular weight is 499 g/mol. The summed E-state index contributed by atoms with van der Waals surface area (Å²) in [5.74, 6) is 1.30. The molecule has 1 aromatic carbocycles. The number of halogens is 5. The minimum absolute atomic E-state index is 0.0487. The summed E-state index contributed by atoms with van der Waals surface area (Å²) in [5.41, 5.74) is -0.0491. The fraction of sp³-hybridized carbons (Fsp3) is 0.318. The van der Waals surface area contributed by atoms with E-state index in [1.165, 1.54) is 0 Å². The Morgan fingerprint density at radius 3 is 2.36 bits per heavy atom. The van der Waals surface area contributed by atoms with Gasteiger partial charge in [-0.05, 0) is 30.3 Å². The fourth-order valence-corrected chi connectivity index (χ4v) is 3.94. The van der Waals surface area contributed by atoms with Gasteiger partial charge in [0.15, 0.2) is 11.7 Å². The zero-order valence-electron chi connectivity index (χ0n) is 17.3. The van der Waals surface area contributed by atoms with E-state index in [4.69, 9.17) is 27.6 Å². The number of aryl methyl sites for hydroxylation is 1. The number of carbonyl (C=O) groups is 1. The van der Waals surface area contributed by atoms with E-state index in [0.717, 1.165) is 17.8 Å². The Morgan fingerprint density at radius 2 is 1.73 bits per heavy atom. The lowest BCUT2D eigenvalue weighted by atomic mass is 10.2. The van der Waals surface area contributed by atoms with Gasteiger partial charge in [0.05, 0.1) is 16.8 Å². The van der Waals surface area contributed by atoms with Crippen LogP contribution in [0.3, 0.4) is 0 Å². The van der Waals surface area contributed by atoms with E-state index in [0.29, 0.717) is 49.3 Å². The van der Waals surface area contributed by atoms with E-state index in [1.807, 2.05) is 12.1 Å². The molecule has 4 rings (SSSR count). The first-order chi connectivity index (χ1) is 15.7. The summed E-state index contributed by atoms with van der Waals surface area (Å²) < 4.78 is 44.2. The number of rotatable bonds is 5. The molecule has 0 saturated carbocycles. The van der Waals surface area contributed by atoms with Crippen LogP contribution in [0.5, 0.6) is 0 Å². The van der Waals surface area contributed by atoms with E-state index >= 15 is 0 Å². The molecule has 1 aliphatic rings. The highest BCUT2D eigenvalue weighted by molar-refractivity contribution is 6.33. The monoisotopic (exact) mass is 498 g/mol. The van der Waals surface area contributed by atoms with Gasteiger partial charge in [0.1, 0.15) is 5.82 Å². The first-order valence-corrected chi connectivity index (χ1v) is 10.9. The number of hydrogen-bond donors (Lipinski definition) is 0. The molecule has 0 radical (unpaired) electrons. The Labute approximate surface area is 197 Å². The molecule has 3 heterocycles. The van der Waals surface area contributed by atoms with Gasteiger partial charge < -0.3 is 14.2 Å². The Hall–Kier alpha value is -2.78. The molecule has 0 spiro atoms. The van der Waals surface area contributed by atoms with Crippen LogP contribution in [0.4, 0.5) is 19.0 Å². The van der Waals surface area contributed by atoms with E-state index in [1.54, 1.807) is 28.1 Å². The van der Waals surface area contributed by atoms with Crippen molar-refractivity contribution in [2.75, 3.05) is 31.1 Å². The third kappa shape index (κ3) is 5.59. The Bertz CT molecular complexity index is 1130. The van der Waals surface area contributed by atoms with Gasteiger partial charge in [-0.25, -0.2) is 9.97 Å². The maximum Gasteiger partial charge on any atom is 0.417 e. The topological polar surface area (TPSA) is 62.5 Å². The average Bonchev–Trinajstić information content (AvgIpc) is 3.26. The van der Waals surface area contributed by atoms with Crippen LogP contribution in [0.2, 0.25) is 10.0 Å². The maximum atomic E-state index is 12.8. The standard InChI is InChI=1S/C22H19Cl2F3N4O2/c23-16-3-1-14(2-4-16)18-13-28-19(33-18)5-6-20(32)30-7-9-31(10-8-30)21-17(24)11-15(12-29-21)22(25,26)27/h1-4,11-13H,5-10H2. The van der Waals surface area contributed by atoms with Crippen LogP contribution in [-0.2, 0) is 17.4 Å². The van der Waals surface area contributed by atoms with Crippen molar-refractivity contribution in [3.8, 4) is 11.3 Å². The molecule has 0 N–H and O–H groups in total. The summed E-state index contributed by atoms with van der Waals surface area (Å²) in [5, 5.41) is 0.561. The SMILES string of the molecule is O=C(CCc1ncc(-c2ccc(Cl)cc2)o1)N1CCN(c2ncc(C(F)(F)F)cc2Cl)CC1. The third-order valence-electron chi connectivity index (χ3n) is 5.32. The predicted molar refractivity (Wildman–Crippen MR) is 118 cm³/mol. The number of alkyl halides is 3. The van der Waals surface area contributed by atoms with Crippen LogP contribution in [-0.4, -0.2) is 47.0 Å². The number of carbonyl (C=O) groups excluding carboxylic acids is 1. The highest BCUT2D eigenvalue weighted by Crippen LogP contribution is 2.33. The Morgan fingerprint density at radius 1 is 1.03 bits per heavy atom. The molecule has 1 fully saturated rings. The quantitative estimate of drug-likeness (QED) is 0.474. The van der Waals surface area contributed by atoms with Crippen molar-refractivity contribution in [2.45, 2.75) is 19.0 Å². The number of aromatic nitrogens is 2. The van der Waals surface area contributed by atoms with Crippen molar-refractivity contribution in [3.05, 3.63) is 64.2 Å². The number of piperazine rings is 1. The number of pyridine rings is 1. The van der Waals surface area contributed by atoms with Gasteiger partial charge in [-0.1, -0.05) is 23.2 Å². The molecule has 1 saturated heterocycles. The summed E-state index contributed by atoms with van der Waals surface area (Å²) in [6.07, 6.45) is -1.52. The molecule has 0 atom stereocenters. The molecular weight excluding hydrogens is 480 g/mol. The molecule has 11 heteroatoms. The van der Waals surface area contributed by atoms with Gasteiger partial charge in [-0.2, -0.15) is 13.2 Å². The first-order valence-electron chi connectivity index (χ1n) is 10.2. The van der Waals surface area contributed by atoms with Crippen LogP contribution in [0, 0.1) is 0 Å². The zero-order valence-corrected chi connectivity index (χ0v) is 18.8. The molecule has 2 aromatic heterocycles. The summed E-state index contributed by atoms with van der Waals surface area (Å²) in [6.45, 7) is 1.67. The summed E-state index contributed by atoms with van der Waals surface area (Å²) in [7, 11) is 0. The normalized spacial score (nSPS) is 14.6. The minimum atomic E-state index is -4.50. The molecular formula is C22H19Cl2F3N4O2. The van der Waals surface area contributed by atoms with Gasteiger partial charge in [0.25, 0.3) is 0 Å². The molecule has 1 amide bonds. The summed E-state index contributed by atoms with van der Waals surface area (Å²) in [6, 6.07) is 8.05. The zero-order chi connectivity index (χ0) is 23.6. The second kappa shape index (κ2) is 9.61. The molecule has 0 aliphatic carbocycles. The minimum Gasteiger partial charge on any atom is -0.441 e. The fourth-order valence-electron chi connectivity index (χ4n) is 3.53. The van der Waals surface area contributed by atoms with Crippen molar-refractivity contribution in [1.29, 1.82) is 0 Å². The van der Waals surface area contributed by atoms with Crippen molar-refractivity contribution in [1.82, 2.24) is 14.9 Å². The number of nitrogens with zero attached hydrogens (tertiary/aromatic N) is 4. The van der Waals surface area contributed by atoms with Crippen LogP contribution in [0.15, 0.2) is 47.1 Å². The lowest BCUT2D eigenvalue weighted by Gasteiger charge is -2.35. The number of oxazole rings is 1. The lowest BCUT2D eigenvalue weighted by Crippen LogP contribution is -2.49. The Kier molecular flexibility index (Phi) is 6.81. The number of amides is 1. The van der Waals surface area contributed by atoms with Crippen LogP contribution in [0.1, 0.15) is 17.9 Å². The maximum absolute atomic E-state index is 12.8.